The van der Waals surface area contributed by atoms with E-state index in [1.54, 1.807) is 27.8 Å². The number of thiophene rings is 1. The molecule has 1 saturated heterocycles. The van der Waals surface area contributed by atoms with Gasteiger partial charge in [0, 0.05) is 18.1 Å². The van der Waals surface area contributed by atoms with Crippen molar-refractivity contribution >= 4 is 40.4 Å². The van der Waals surface area contributed by atoms with Crippen molar-refractivity contribution in [2.24, 2.45) is 0 Å². The van der Waals surface area contributed by atoms with Crippen molar-refractivity contribution in [3.63, 3.8) is 0 Å². The number of carbonyl (C=O) groups is 1. The maximum Gasteiger partial charge on any atom is 0.275 e. The largest absolute Gasteiger partial charge is 0.337 e. The molecule has 0 saturated carbocycles. The molecule has 3 aromatic rings. The third-order valence-corrected chi connectivity index (χ3v) is 6.15. The van der Waals surface area contributed by atoms with Crippen LogP contribution in [-0.4, -0.2) is 33.7 Å². The van der Waals surface area contributed by atoms with Crippen LogP contribution < -0.4 is 0 Å². The molecule has 1 aliphatic heterocycles. The van der Waals surface area contributed by atoms with Gasteiger partial charge in [0.2, 0.25) is 0 Å². The molecular weight excluding hydrogens is 415 g/mol. The third kappa shape index (κ3) is 3.42. The molecule has 1 fully saturated rings. The van der Waals surface area contributed by atoms with E-state index >= 15 is 0 Å². The Labute approximate surface area is 176 Å². The molecule has 0 spiro atoms. The van der Waals surface area contributed by atoms with Gasteiger partial charge in [-0.3, -0.25) is 4.79 Å². The van der Waals surface area contributed by atoms with Crippen LogP contribution >= 0.6 is 34.5 Å². The van der Waals surface area contributed by atoms with Gasteiger partial charge in [0.25, 0.3) is 5.91 Å². The van der Waals surface area contributed by atoms with Gasteiger partial charge in [0.15, 0.2) is 5.69 Å². The molecule has 4 rings (SSSR count). The van der Waals surface area contributed by atoms with Crippen LogP contribution in [0.15, 0.2) is 35.7 Å². The lowest BCUT2D eigenvalue weighted by Gasteiger charge is -2.25. The molecule has 8 heteroatoms. The van der Waals surface area contributed by atoms with Gasteiger partial charge in [-0.25, -0.2) is 4.68 Å². The smallest absolute Gasteiger partial charge is 0.275 e. The number of rotatable bonds is 3. The van der Waals surface area contributed by atoms with E-state index < -0.39 is 0 Å². The number of benzene rings is 1. The number of piperidine rings is 1. The fourth-order valence-corrected chi connectivity index (χ4v) is 4.64. The van der Waals surface area contributed by atoms with Crippen molar-refractivity contribution in [1.82, 2.24) is 14.7 Å². The molecule has 0 unspecified atom stereocenters. The van der Waals surface area contributed by atoms with Crippen molar-refractivity contribution in [3.05, 3.63) is 57.0 Å². The number of aromatic nitrogens is 2. The number of amides is 1. The Balaban J connectivity index is 1.91. The third-order valence-electron chi connectivity index (χ3n) is 4.74. The zero-order valence-electron chi connectivity index (χ0n) is 14.9. The van der Waals surface area contributed by atoms with E-state index in [0.717, 1.165) is 24.1 Å². The summed E-state index contributed by atoms with van der Waals surface area (Å²) in [5.41, 5.74) is 1.58. The Morgan fingerprint density at radius 3 is 2.61 bits per heavy atom. The van der Waals surface area contributed by atoms with Crippen LogP contribution in [0.2, 0.25) is 10.0 Å². The van der Waals surface area contributed by atoms with E-state index in [9.17, 15) is 10.1 Å². The maximum absolute atomic E-state index is 13.1. The van der Waals surface area contributed by atoms with Crippen molar-refractivity contribution in [2.75, 3.05) is 13.1 Å². The number of nitrogens with zero attached hydrogens (tertiary/aromatic N) is 4. The normalized spacial score (nSPS) is 14.1. The van der Waals surface area contributed by atoms with Gasteiger partial charge in [0.1, 0.15) is 17.3 Å². The molecule has 3 heterocycles. The minimum atomic E-state index is -0.210. The zero-order valence-corrected chi connectivity index (χ0v) is 17.2. The van der Waals surface area contributed by atoms with Gasteiger partial charge in [-0.05, 0) is 48.9 Å². The number of likely N-dealkylation sites (tertiary alicyclic amines) is 1. The van der Waals surface area contributed by atoms with Crippen LogP contribution in [0.3, 0.4) is 0 Å². The predicted molar refractivity (Wildman–Crippen MR) is 111 cm³/mol. The summed E-state index contributed by atoms with van der Waals surface area (Å²) in [7, 11) is 0. The standard InChI is InChI=1S/C20H16Cl2N4OS/c21-13-6-7-16(15(22)11-13)26-19(17-5-4-10-28-17)14(12-23)18(24-26)20(27)25-8-2-1-3-9-25/h4-7,10-11H,1-3,8-9H2. The Hall–Kier alpha value is -2.33. The average molecular weight is 431 g/mol. The highest BCUT2D eigenvalue weighted by Gasteiger charge is 2.29. The van der Waals surface area contributed by atoms with E-state index in [0.29, 0.717) is 34.5 Å². The quantitative estimate of drug-likeness (QED) is 0.558. The molecule has 5 nitrogen and oxygen atoms in total. The molecule has 1 aromatic carbocycles. The molecule has 142 valence electrons. The summed E-state index contributed by atoms with van der Waals surface area (Å²) in [4.78, 5) is 15.8. The van der Waals surface area contributed by atoms with E-state index in [2.05, 4.69) is 11.2 Å². The molecular formula is C20H16Cl2N4OS. The van der Waals surface area contributed by atoms with Gasteiger partial charge in [0.05, 0.1) is 15.6 Å². The Morgan fingerprint density at radius 1 is 1.18 bits per heavy atom. The number of hydrogen-bond donors (Lipinski definition) is 0. The van der Waals surface area contributed by atoms with Crippen molar-refractivity contribution in [1.29, 1.82) is 5.26 Å². The second-order valence-corrected chi connectivity index (χ2v) is 8.31. The van der Waals surface area contributed by atoms with Crippen LogP contribution in [0.25, 0.3) is 16.3 Å². The lowest BCUT2D eigenvalue weighted by molar-refractivity contribution is 0.0717. The highest BCUT2D eigenvalue weighted by molar-refractivity contribution is 7.13. The number of carbonyl (C=O) groups excluding carboxylic acids is 1. The number of nitriles is 1. The lowest BCUT2D eigenvalue weighted by atomic mass is 10.1. The molecule has 1 amide bonds. The molecule has 0 N–H and O–H groups in total. The van der Waals surface area contributed by atoms with Crippen molar-refractivity contribution in [2.45, 2.75) is 19.3 Å². The topological polar surface area (TPSA) is 61.9 Å². The summed E-state index contributed by atoms with van der Waals surface area (Å²) < 4.78 is 1.58. The van der Waals surface area contributed by atoms with Crippen LogP contribution in [0.1, 0.15) is 35.3 Å². The molecule has 0 atom stereocenters. The SMILES string of the molecule is N#Cc1c(C(=O)N2CCCCC2)nn(-c2ccc(Cl)cc2Cl)c1-c1cccs1. The van der Waals surface area contributed by atoms with Gasteiger partial charge in [-0.2, -0.15) is 10.4 Å². The van der Waals surface area contributed by atoms with Crippen molar-refractivity contribution < 1.29 is 4.79 Å². The molecule has 0 aliphatic carbocycles. The monoisotopic (exact) mass is 430 g/mol. The van der Waals surface area contributed by atoms with E-state index in [-0.39, 0.29) is 17.2 Å². The summed E-state index contributed by atoms with van der Waals surface area (Å²) in [5, 5.41) is 17.3. The van der Waals surface area contributed by atoms with Crippen LogP contribution in [-0.2, 0) is 0 Å². The lowest BCUT2D eigenvalue weighted by Crippen LogP contribution is -2.36. The fourth-order valence-electron chi connectivity index (χ4n) is 3.39. The summed E-state index contributed by atoms with van der Waals surface area (Å²) in [6.45, 7) is 1.37. The summed E-state index contributed by atoms with van der Waals surface area (Å²) >= 11 is 13.9. The number of hydrogen-bond acceptors (Lipinski definition) is 4. The highest BCUT2D eigenvalue weighted by Crippen LogP contribution is 2.35. The Bertz CT molecular complexity index is 1060. The first kappa shape index (κ1) is 19.0. The molecule has 28 heavy (non-hydrogen) atoms. The molecule has 2 aromatic heterocycles. The second-order valence-electron chi connectivity index (χ2n) is 6.52. The first-order valence-electron chi connectivity index (χ1n) is 8.92. The fraction of sp³-hybridized carbons (Fsp3) is 0.250. The van der Waals surface area contributed by atoms with Gasteiger partial charge < -0.3 is 4.90 Å². The zero-order chi connectivity index (χ0) is 19.7. The first-order chi connectivity index (χ1) is 13.6. The highest BCUT2D eigenvalue weighted by atomic mass is 35.5. The maximum atomic E-state index is 13.1. The average Bonchev–Trinajstić information content (AvgIpc) is 3.35. The minimum absolute atomic E-state index is 0.166. The van der Waals surface area contributed by atoms with E-state index in [4.69, 9.17) is 23.2 Å². The molecule has 0 radical (unpaired) electrons. The second kappa shape index (κ2) is 7.96. The summed E-state index contributed by atoms with van der Waals surface area (Å²) in [5.74, 6) is -0.210. The summed E-state index contributed by atoms with van der Waals surface area (Å²) in [6, 6.07) is 11.1. The molecule has 0 bridgehead atoms. The van der Waals surface area contributed by atoms with Gasteiger partial charge in [-0.15, -0.1) is 11.3 Å². The minimum Gasteiger partial charge on any atom is -0.337 e. The summed E-state index contributed by atoms with van der Waals surface area (Å²) in [6.07, 6.45) is 3.05. The first-order valence-corrected chi connectivity index (χ1v) is 10.6. The molecule has 1 aliphatic rings. The number of halogens is 2. The van der Waals surface area contributed by atoms with E-state index in [1.807, 2.05) is 17.5 Å². The van der Waals surface area contributed by atoms with Crippen molar-refractivity contribution in [3.8, 4) is 22.3 Å². The predicted octanol–water partition coefficient (Wildman–Crippen LogP) is 5.41. The Kier molecular flexibility index (Phi) is 5.40. The van der Waals surface area contributed by atoms with Crippen LogP contribution in [0, 0.1) is 11.3 Å². The van der Waals surface area contributed by atoms with Gasteiger partial charge >= 0.3 is 0 Å². The van der Waals surface area contributed by atoms with Crippen LogP contribution in [0.5, 0.6) is 0 Å². The Morgan fingerprint density at radius 2 is 1.96 bits per heavy atom. The van der Waals surface area contributed by atoms with Crippen LogP contribution in [0.4, 0.5) is 0 Å². The van der Waals surface area contributed by atoms with Gasteiger partial charge in [-0.1, -0.05) is 29.3 Å². The van der Waals surface area contributed by atoms with E-state index in [1.165, 1.54) is 11.3 Å².